The molecule has 2 rings (SSSR count). The first-order valence-electron chi connectivity index (χ1n) is 3.71. The first kappa shape index (κ1) is 8.36. The average molecular weight is 203 g/mol. The minimum absolute atomic E-state index is 0.165. The number of halogens is 2. The van der Waals surface area contributed by atoms with Gasteiger partial charge in [0.2, 0.25) is 0 Å². The highest BCUT2D eigenvalue weighted by Gasteiger charge is 2.42. The molecule has 0 amide bonds. The SMILES string of the molecule is CC1(c2ccc(Cl)cc2Cl)CO1. The van der Waals surface area contributed by atoms with Crippen LogP contribution in [0.25, 0.3) is 0 Å². The summed E-state index contributed by atoms with van der Waals surface area (Å²) in [7, 11) is 0. The van der Waals surface area contributed by atoms with Gasteiger partial charge in [-0.2, -0.15) is 0 Å². The summed E-state index contributed by atoms with van der Waals surface area (Å²) in [5, 5.41) is 1.34. The smallest absolute Gasteiger partial charge is 0.115 e. The number of rotatable bonds is 1. The molecule has 1 unspecified atom stereocenters. The van der Waals surface area contributed by atoms with E-state index < -0.39 is 0 Å². The summed E-state index contributed by atoms with van der Waals surface area (Å²) in [5.74, 6) is 0. The Morgan fingerprint density at radius 1 is 1.42 bits per heavy atom. The van der Waals surface area contributed by atoms with Crippen LogP contribution in [0.2, 0.25) is 10.0 Å². The van der Waals surface area contributed by atoms with Gasteiger partial charge in [-0.25, -0.2) is 0 Å². The molecule has 12 heavy (non-hydrogen) atoms. The van der Waals surface area contributed by atoms with E-state index in [1.165, 1.54) is 0 Å². The standard InChI is InChI=1S/C9H8Cl2O/c1-9(5-12-9)7-3-2-6(10)4-8(7)11/h2-4H,5H2,1H3. The lowest BCUT2D eigenvalue weighted by molar-refractivity contribution is 0.329. The summed E-state index contributed by atoms with van der Waals surface area (Å²) < 4.78 is 5.28. The lowest BCUT2D eigenvalue weighted by Crippen LogP contribution is -2.02. The Kier molecular flexibility index (Phi) is 1.83. The Morgan fingerprint density at radius 2 is 2.08 bits per heavy atom. The summed E-state index contributed by atoms with van der Waals surface area (Å²) in [6.07, 6.45) is 0. The van der Waals surface area contributed by atoms with Crippen molar-refractivity contribution in [2.24, 2.45) is 0 Å². The summed E-state index contributed by atoms with van der Waals surface area (Å²) >= 11 is 11.8. The predicted molar refractivity (Wildman–Crippen MR) is 49.8 cm³/mol. The van der Waals surface area contributed by atoms with E-state index in [4.69, 9.17) is 27.9 Å². The Balaban J connectivity index is 2.45. The number of hydrogen-bond acceptors (Lipinski definition) is 1. The second kappa shape index (κ2) is 2.63. The normalized spacial score (nSPS) is 27.2. The van der Waals surface area contributed by atoms with Crippen molar-refractivity contribution in [2.75, 3.05) is 6.61 Å². The van der Waals surface area contributed by atoms with Gasteiger partial charge in [-0.05, 0) is 19.1 Å². The van der Waals surface area contributed by atoms with E-state index in [0.29, 0.717) is 10.0 Å². The van der Waals surface area contributed by atoms with Gasteiger partial charge in [0, 0.05) is 15.6 Å². The third kappa shape index (κ3) is 1.33. The fourth-order valence-corrected chi connectivity index (χ4v) is 1.79. The Morgan fingerprint density at radius 3 is 2.58 bits per heavy atom. The van der Waals surface area contributed by atoms with Gasteiger partial charge < -0.3 is 4.74 Å². The molecule has 3 heteroatoms. The highest BCUT2D eigenvalue weighted by atomic mass is 35.5. The zero-order valence-corrected chi connectivity index (χ0v) is 8.12. The van der Waals surface area contributed by atoms with Crippen LogP contribution >= 0.6 is 23.2 Å². The van der Waals surface area contributed by atoms with Crippen LogP contribution in [-0.4, -0.2) is 6.61 Å². The summed E-state index contributed by atoms with van der Waals surface area (Å²) in [6.45, 7) is 2.76. The molecule has 1 fully saturated rings. The molecule has 1 aliphatic heterocycles. The summed E-state index contributed by atoms with van der Waals surface area (Å²) in [4.78, 5) is 0. The van der Waals surface area contributed by atoms with Crippen LogP contribution in [0.5, 0.6) is 0 Å². The van der Waals surface area contributed by atoms with Gasteiger partial charge in [0.05, 0.1) is 6.61 Å². The molecule has 1 aromatic carbocycles. The van der Waals surface area contributed by atoms with E-state index in [1.54, 1.807) is 6.07 Å². The quantitative estimate of drug-likeness (QED) is 0.638. The average Bonchev–Trinajstić information content (AvgIpc) is 2.68. The third-order valence-electron chi connectivity index (χ3n) is 2.08. The topological polar surface area (TPSA) is 12.5 Å². The second-order valence-corrected chi connectivity index (χ2v) is 3.99. The van der Waals surface area contributed by atoms with Crippen LogP contribution in [-0.2, 0) is 10.3 Å². The molecule has 1 nitrogen and oxygen atoms in total. The van der Waals surface area contributed by atoms with Gasteiger partial charge in [-0.1, -0.05) is 29.3 Å². The molecule has 0 saturated carbocycles. The zero-order valence-electron chi connectivity index (χ0n) is 6.60. The van der Waals surface area contributed by atoms with Crippen LogP contribution in [0.15, 0.2) is 18.2 Å². The predicted octanol–water partition coefficient (Wildman–Crippen LogP) is 3.24. The van der Waals surface area contributed by atoms with E-state index in [9.17, 15) is 0 Å². The fraction of sp³-hybridized carbons (Fsp3) is 0.333. The molecule has 0 aromatic heterocycles. The van der Waals surface area contributed by atoms with Crippen LogP contribution in [0.1, 0.15) is 12.5 Å². The zero-order chi connectivity index (χ0) is 8.77. The molecule has 0 spiro atoms. The highest BCUT2D eigenvalue weighted by Crippen LogP contribution is 2.41. The van der Waals surface area contributed by atoms with Crippen LogP contribution in [0.4, 0.5) is 0 Å². The lowest BCUT2D eigenvalue weighted by atomic mass is 10.0. The molecule has 64 valence electrons. The van der Waals surface area contributed by atoms with Crippen molar-refractivity contribution < 1.29 is 4.74 Å². The van der Waals surface area contributed by atoms with E-state index in [0.717, 1.165) is 12.2 Å². The van der Waals surface area contributed by atoms with Crippen molar-refractivity contribution in [3.8, 4) is 0 Å². The molecule has 0 radical (unpaired) electrons. The summed E-state index contributed by atoms with van der Waals surface area (Å²) in [6, 6.07) is 5.48. The van der Waals surface area contributed by atoms with E-state index >= 15 is 0 Å². The number of benzene rings is 1. The maximum atomic E-state index is 5.99. The van der Waals surface area contributed by atoms with Gasteiger partial charge in [0.1, 0.15) is 5.60 Å². The van der Waals surface area contributed by atoms with Crippen LogP contribution < -0.4 is 0 Å². The van der Waals surface area contributed by atoms with Crippen LogP contribution in [0, 0.1) is 0 Å². The van der Waals surface area contributed by atoms with Gasteiger partial charge in [-0.3, -0.25) is 0 Å². The third-order valence-corrected chi connectivity index (χ3v) is 2.63. The number of hydrogen-bond donors (Lipinski definition) is 0. The molecule has 1 heterocycles. The van der Waals surface area contributed by atoms with Crippen molar-refractivity contribution in [2.45, 2.75) is 12.5 Å². The van der Waals surface area contributed by atoms with Crippen molar-refractivity contribution in [1.29, 1.82) is 0 Å². The first-order valence-corrected chi connectivity index (χ1v) is 4.47. The molecule has 1 aliphatic rings. The Hall–Kier alpha value is -0.240. The van der Waals surface area contributed by atoms with Gasteiger partial charge in [-0.15, -0.1) is 0 Å². The maximum absolute atomic E-state index is 5.99. The molecule has 0 aliphatic carbocycles. The van der Waals surface area contributed by atoms with Gasteiger partial charge in [0.25, 0.3) is 0 Å². The highest BCUT2D eigenvalue weighted by molar-refractivity contribution is 6.35. The fourth-order valence-electron chi connectivity index (χ4n) is 1.18. The number of ether oxygens (including phenoxy) is 1. The van der Waals surface area contributed by atoms with Crippen molar-refractivity contribution in [3.05, 3.63) is 33.8 Å². The molecule has 1 saturated heterocycles. The molecular formula is C9H8Cl2O. The van der Waals surface area contributed by atoms with Crippen molar-refractivity contribution in [3.63, 3.8) is 0 Å². The molecule has 0 N–H and O–H groups in total. The molecular weight excluding hydrogens is 195 g/mol. The van der Waals surface area contributed by atoms with Crippen LogP contribution in [0.3, 0.4) is 0 Å². The largest absolute Gasteiger partial charge is 0.365 e. The molecule has 1 atom stereocenters. The maximum Gasteiger partial charge on any atom is 0.115 e. The lowest BCUT2D eigenvalue weighted by Gasteiger charge is -2.07. The first-order chi connectivity index (χ1) is 5.62. The van der Waals surface area contributed by atoms with Gasteiger partial charge >= 0.3 is 0 Å². The Bertz CT molecular complexity index is 318. The van der Waals surface area contributed by atoms with E-state index in [1.807, 2.05) is 19.1 Å². The Labute approximate surface area is 81.2 Å². The van der Waals surface area contributed by atoms with Crippen molar-refractivity contribution in [1.82, 2.24) is 0 Å². The minimum atomic E-state index is -0.165. The minimum Gasteiger partial charge on any atom is -0.365 e. The molecule has 1 aromatic rings. The van der Waals surface area contributed by atoms with Gasteiger partial charge in [0.15, 0.2) is 0 Å². The summed E-state index contributed by atoms with van der Waals surface area (Å²) in [5.41, 5.74) is 0.857. The monoisotopic (exact) mass is 202 g/mol. The van der Waals surface area contributed by atoms with Crippen molar-refractivity contribution >= 4 is 23.2 Å². The second-order valence-electron chi connectivity index (χ2n) is 3.14. The molecule has 0 bridgehead atoms. The number of epoxide rings is 1. The van der Waals surface area contributed by atoms with E-state index in [2.05, 4.69) is 0 Å². The van der Waals surface area contributed by atoms with E-state index in [-0.39, 0.29) is 5.60 Å².